The highest BCUT2D eigenvalue weighted by molar-refractivity contribution is 6.00. The maximum absolute atomic E-state index is 15.3. The summed E-state index contributed by atoms with van der Waals surface area (Å²) in [4.78, 5) is 35.4. The molecule has 0 saturated carbocycles. The Morgan fingerprint density at radius 3 is 2.71 bits per heavy atom. The zero-order chi connectivity index (χ0) is 30.0. The zero-order valence-corrected chi connectivity index (χ0v) is 24.4. The number of fused-ring (bicyclic) bond motifs is 1. The smallest absolute Gasteiger partial charge is 0.317 e. The Kier molecular flexibility index (Phi) is 8.10. The van der Waals surface area contributed by atoms with Crippen molar-refractivity contribution in [3.05, 3.63) is 53.6 Å². The van der Waals surface area contributed by atoms with Crippen LogP contribution in [0.25, 0.3) is 22.2 Å². The highest BCUT2D eigenvalue weighted by Gasteiger charge is 2.30. The highest BCUT2D eigenvalue weighted by atomic mass is 19.1. The van der Waals surface area contributed by atoms with E-state index < -0.39 is 11.7 Å². The van der Waals surface area contributed by atoms with Crippen molar-refractivity contribution in [1.29, 1.82) is 0 Å². The highest BCUT2D eigenvalue weighted by Crippen LogP contribution is 2.33. The molecule has 5 rings (SSSR count). The molecule has 42 heavy (non-hydrogen) atoms. The number of aromatic amines is 1. The van der Waals surface area contributed by atoms with E-state index in [4.69, 9.17) is 4.52 Å². The fraction of sp³-hybridized carbons (Fsp3) is 0.448. The number of piperidine rings is 1. The predicted molar refractivity (Wildman–Crippen MR) is 155 cm³/mol. The lowest BCUT2D eigenvalue weighted by Gasteiger charge is -2.38. The standard InChI is InChI=1S/C29H36FN9O3/c1-6-31-28(41)39-15-19(10-7-16(39)2)34-24-22-20(11-12-32-23(22)36-37-24)17-8-9-18(21(30)13-17)14-33-25(40)26-35-27(38-42-26)29(3,4)5/h8-9,11-13,16,19H,6-7,10,14-15H2,1-5H3,(H,31,41)(H,33,40)(H2,32,34,36,37)/t16-,19+/m0/s1. The maximum Gasteiger partial charge on any atom is 0.317 e. The van der Waals surface area contributed by atoms with Crippen LogP contribution in [-0.2, 0) is 12.0 Å². The summed E-state index contributed by atoms with van der Waals surface area (Å²) in [6, 6.07) is 6.71. The first-order chi connectivity index (χ1) is 20.0. The Morgan fingerprint density at radius 1 is 1.19 bits per heavy atom. The van der Waals surface area contributed by atoms with Crippen molar-refractivity contribution >= 4 is 28.8 Å². The van der Waals surface area contributed by atoms with Gasteiger partial charge in [0.15, 0.2) is 17.3 Å². The van der Waals surface area contributed by atoms with Gasteiger partial charge in [0, 0.05) is 48.9 Å². The van der Waals surface area contributed by atoms with Gasteiger partial charge in [0.25, 0.3) is 0 Å². The van der Waals surface area contributed by atoms with Crippen LogP contribution < -0.4 is 16.0 Å². The van der Waals surface area contributed by atoms with E-state index in [1.807, 2.05) is 38.7 Å². The monoisotopic (exact) mass is 577 g/mol. The molecule has 4 N–H and O–H groups in total. The van der Waals surface area contributed by atoms with Gasteiger partial charge < -0.3 is 25.4 Å². The minimum Gasteiger partial charge on any atom is -0.364 e. The second kappa shape index (κ2) is 11.7. The van der Waals surface area contributed by atoms with Crippen molar-refractivity contribution < 1.29 is 18.5 Å². The lowest BCUT2D eigenvalue weighted by Crippen LogP contribution is -2.53. The molecule has 4 aromatic rings. The van der Waals surface area contributed by atoms with Crippen LogP contribution in [0.1, 0.15) is 69.5 Å². The number of nitrogens with one attached hydrogen (secondary N) is 4. The zero-order valence-electron chi connectivity index (χ0n) is 24.4. The van der Waals surface area contributed by atoms with E-state index in [1.165, 1.54) is 6.07 Å². The van der Waals surface area contributed by atoms with Gasteiger partial charge in [-0.05, 0) is 49.9 Å². The topological polar surface area (TPSA) is 154 Å². The Morgan fingerprint density at radius 2 is 2.00 bits per heavy atom. The number of halogens is 1. The first kappa shape index (κ1) is 29.0. The number of rotatable bonds is 7. The van der Waals surface area contributed by atoms with Crippen LogP contribution in [0.4, 0.5) is 15.0 Å². The van der Waals surface area contributed by atoms with Gasteiger partial charge in [0.2, 0.25) is 0 Å². The van der Waals surface area contributed by atoms with Crippen molar-refractivity contribution in [2.75, 3.05) is 18.4 Å². The van der Waals surface area contributed by atoms with Gasteiger partial charge in [-0.15, -0.1) is 0 Å². The third kappa shape index (κ3) is 6.04. The molecule has 0 unspecified atom stereocenters. The molecular formula is C29H36FN9O3. The van der Waals surface area contributed by atoms with Crippen LogP contribution in [0, 0.1) is 5.82 Å². The van der Waals surface area contributed by atoms with Crippen molar-refractivity contribution in [1.82, 2.24) is 40.9 Å². The van der Waals surface area contributed by atoms with E-state index in [-0.39, 0.29) is 36.0 Å². The molecular weight excluding hydrogens is 541 g/mol. The predicted octanol–water partition coefficient (Wildman–Crippen LogP) is 4.37. The first-order valence-corrected chi connectivity index (χ1v) is 14.1. The number of urea groups is 1. The molecule has 3 amide bonds. The summed E-state index contributed by atoms with van der Waals surface area (Å²) < 4.78 is 20.3. The first-order valence-electron chi connectivity index (χ1n) is 14.1. The minimum atomic E-state index is -0.575. The molecule has 0 aliphatic carbocycles. The number of anilines is 1. The van der Waals surface area contributed by atoms with Crippen LogP contribution >= 0.6 is 0 Å². The van der Waals surface area contributed by atoms with Gasteiger partial charge in [0.05, 0.1) is 5.39 Å². The van der Waals surface area contributed by atoms with E-state index in [1.54, 1.807) is 18.3 Å². The molecule has 3 aromatic heterocycles. The second-order valence-electron chi connectivity index (χ2n) is 11.6. The van der Waals surface area contributed by atoms with Crippen molar-refractivity contribution in [3.63, 3.8) is 0 Å². The molecule has 0 radical (unpaired) electrons. The molecule has 4 heterocycles. The average molecular weight is 578 g/mol. The lowest BCUT2D eigenvalue weighted by atomic mass is 9.96. The number of aromatic nitrogens is 5. The van der Waals surface area contributed by atoms with Crippen LogP contribution in [0.3, 0.4) is 0 Å². The third-order valence-corrected chi connectivity index (χ3v) is 7.37. The van der Waals surface area contributed by atoms with Gasteiger partial charge in [0.1, 0.15) is 5.82 Å². The number of hydrogen-bond acceptors (Lipinski definition) is 8. The number of nitrogens with zero attached hydrogens (tertiary/aromatic N) is 5. The van der Waals surface area contributed by atoms with Gasteiger partial charge >= 0.3 is 17.8 Å². The molecule has 2 atom stereocenters. The van der Waals surface area contributed by atoms with Crippen molar-refractivity contribution in [2.24, 2.45) is 0 Å². The molecule has 1 fully saturated rings. The van der Waals surface area contributed by atoms with Gasteiger partial charge in [-0.25, -0.2) is 14.2 Å². The number of pyridine rings is 1. The number of benzene rings is 1. The van der Waals surface area contributed by atoms with Crippen molar-refractivity contribution in [2.45, 2.75) is 71.5 Å². The van der Waals surface area contributed by atoms with Gasteiger partial charge in [-0.1, -0.05) is 38.1 Å². The second-order valence-corrected chi connectivity index (χ2v) is 11.6. The van der Waals surface area contributed by atoms with E-state index in [0.29, 0.717) is 41.5 Å². The van der Waals surface area contributed by atoms with E-state index in [9.17, 15) is 9.59 Å². The lowest BCUT2D eigenvalue weighted by molar-refractivity contribution is 0.0906. The molecule has 1 aliphatic heterocycles. The normalized spacial score (nSPS) is 17.3. The average Bonchev–Trinajstić information content (AvgIpc) is 3.62. The molecule has 12 nitrogen and oxygen atoms in total. The SMILES string of the molecule is CCNC(=O)N1C[C@H](Nc2n[nH]c3nccc(-c4ccc(CNC(=O)c5nc(C(C)(C)C)no5)c(F)c4)c23)CC[C@@H]1C. The van der Waals surface area contributed by atoms with E-state index in [0.717, 1.165) is 23.8 Å². The number of carbonyl (C=O) groups excluding carboxylic acids is 2. The molecule has 222 valence electrons. The number of carbonyl (C=O) groups is 2. The number of amides is 3. The Hall–Kier alpha value is -4.55. The third-order valence-electron chi connectivity index (χ3n) is 7.37. The van der Waals surface area contributed by atoms with Gasteiger partial charge in [-0.2, -0.15) is 10.1 Å². The number of likely N-dealkylation sites (tertiary alicyclic amines) is 1. The summed E-state index contributed by atoms with van der Waals surface area (Å²) >= 11 is 0. The van der Waals surface area contributed by atoms with Crippen LogP contribution in [0.15, 0.2) is 35.0 Å². The molecule has 1 saturated heterocycles. The van der Waals surface area contributed by atoms with E-state index >= 15 is 4.39 Å². The fourth-order valence-corrected chi connectivity index (χ4v) is 4.98. The summed E-state index contributed by atoms with van der Waals surface area (Å²) in [6.07, 6.45) is 3.37. The van der Waals surface area contributed by atoms with Gasteiger partial charge in [-0.3, -0.25) is 9.89 Å². The molecule has 0 spiro atoms. The molecule has 13 heteroatoms. The number of hydrogen-bond donors (Lipinski definition) is 4. The minimum absolute atomic E-state index is 0.00980. The Balaban J connectivity index is 1.32. The quantitative estimate of drug-likeness (QED) is 0.253. The summed E-state index contributed by atoms with van der Waals surface area (Å²) in [5, 5.41) is 21.0. The summed E-state index contributed by atoms with van der Waals surface area (Å²) in [6.45, 7) is 10.7. The Labute approximate surface area is 242 Å². The summed E-state index contributed by atoms with van der Waals surface area (Å²) in [5.41, 5.74) is 1.88. The number of H-pyrrole nitrogens is 1. The summed E-state index contributed by atoms with van der Waals surface area (Å²) in [7, 11) is 0. The molecule has 1 aromatic carbocycles. The molecule has 1 aliphatic rings. The van der Waals surface area contributed by atoms with Crippen molar-refractivity contribution in [3.8, 4) is 11.1 Å². The van der Waals surface area contributed by atoms with Crippen LogP contribution in [-0.4, -0.2) is 67.3 Å². The maximum atomic E-state index is 15.3. The largest absolute Gasteiger partial charge is 0.364 e. The van der Waals surface area contributed by atoms with Crippen LogP contribution in [0.5, 0.6) is 0 Å². The van der Waals surface area contributed by atoms with Crippen LogP contribution in [0.2, 0.25) is 0 Å². The molecule has 0 bridgehead atoms. The fourth-order valence-electron chi connectivity index (χ4n) is 4.98. The summed E-state index contributed by atoms with van der Waals surface area (Å²) in [5.74, 6) is -0.214. The van der Waals surface area contributed by atoms with E-state index in [2.05, 4.69) is 48.2 Å². The Bertz CT molecular complexity index is 1590.